The molecular weight excluding hydrogens is 380 g/mol. The summed E-state index contributed by atoms with van der Waals surface area (Å²) in [6, 6.07) is 0. The van der Waals surface area contributed by atoms with Gasteiger partial charge in [0.15, 0.2) is 0 Å². The van der Waals surface area contributed by atoms with E-state index in [0.717, 1.165) is 31.1 Å². The van der Waals surface area contributed by atoms with Gasteiger partial charge in [0.1, 0.15) is 6.10 Å². The quantitative estimate of drug-likeness (QED) is 0.331. The maximum absolute atomic E-state index is 11.5. The van der Waals surface area contributed by atoms with Crippen molar-refractivity contribution in [2.24, 2.45) is 28.6 Å². The Labute approximate surface area is 190 Å². The number of hydrogen-bond donors (Lipinski definition) is 0. The minimum absolute atomic E-state index is 0.0788. The van der Waals surface area contributed by atoms with Crippen molar-refractivity contribution in [3.05, 3.63) is 34.4 Å². The molecule has 0 radical (unpaired) electrons. The number of allylic oxidation sites excluding steroid dienone is 5. The molecule has 0 aromatic rings. The molecule has 4 rings (SSSR count). The van der Waals surface area contributed by atoms with Crippen LogP contribution in [0, 0.1) is 28.6 Å². The normalized spacial score (nSPS) is 38.6. The Hall–Kier alpha value is -1.31. The van der Waals surface area contributed by atoms with Crippen LogP contribution in [0.15, 0.2) is 34.4 Å². The van der Waals surface area contributed by atoms with Crippen LogP contribution in [-0.4, -0.2) is 12.1 Å². The molecule has 4 aliphatic carbocycles. The van der Waals surface area contributed by atoms with Crippen LogP contribution < -0.4 is 0 Å². The largest absolute Gasteiger partial charge is 0.462 e. The van der Waals surface area contributed by atoms with Gasteiger partial charge in [0, 0.05) is 13.3 Å². The van der Waals surface area contributed by atoms with Gasteiger partial charge in [0.25, 0.3) is 0 Å². The van der Waals surface area contributed by atoms with Crippen LogP contribution in [-0.2, 0) is 9.53 Å². The maximum atomic E-state index is 11.5. The van der Waals surface area contributed by atoms with E-state index in [1.165, 1.54) is 50.5 Å². The number of fused-ring (bicyclic) bond motifs is 5. The van der Waals surface area contributed by atoms with E-state index in [4.69, 9.17) is 4.74 Å². The van der Waals surface area contributed by atoms with E-state index in [0.29, 0.717) is 11.3 Å². The molecule has 0 spiro atoms. The molecule has 3 saturated carbocycles. The lowest BCUT2D eigenvalue weighted by Gasteiger charge is -2.54. The van der Waals surface area contributed by atoms with Crippen molar-refractivity contribution < 1.29 is 9.53 Å². The topological polar surface area (TPSA) is 26.3 Å². The molecule has 4 aliphatic rings. The Bertz CT molecular complexity index is 813. The summed E-state index contributed by atoms with van der Waals surface area (Å²) in [7, 11) is 0. The molecule has 0 aliphatic heterocycles. The Morgan fingerprint density at radius 1 is 1.06 bits per heavy atom. The minimum atomic E-state index is -0.135. The van der Waals surface area contributed by atoms with Gasteiger partial charge < -0.3 is 4.74 Å². The van der Waals surface area contributed by atoms with Gasteiger partial charge in [-0.05, 0) is 86.9 Å². The Balaban J connectivity index is 1.56. The molecule has 0 aromatic carbocycles. The molecule has 0 aromatic heterocycles. The first-order chi connectivity index (χ1) is 14.6. The fourth-order valence-electron chi connectivity index (χ4n) is 7.75. The number of ether oxygens (including phenoxy) is 1. The zero-order valence-electron chi connectivity index (χ0n) is 20.9. The average Bonchev–Trinajstić information content (AvgIpc) is 3.05. The number of carbonyl (C=O) groups excluding carboxylic acids is 1. The minimum Gasteiger partial charge on any atom is -0.462 e. The summed E-state index contributed by atoms with van der Waals surface area (Å²) in [6.07, 6.45) is 17.4. The third-order valence-electron chi connectivity index (χ3n) is 9.49. The number of esters is 1. The highest BCUT2D eigenvalue weighted by Crippen LogP contribution is 2.65. The van der Waals surface area contributed by atoms with E-state index in [2.05, 4.69) is 46.8 Å². The second kappa shape index (κ2) is 8.56. The van der Waals surface area contributed by atoms with Crippen LogP contribution in [0.2, 0.25) is 0 Å². The van der Waals surface area contributed by atoms with E-state index >= 15 is 0 Å². The SMILES string of the molecule is CC(=O)O[C@H]1CC[C@@]2(C)C(=CC=C3[C@@H]2CC[C@]2(C)/C(=C(/C)CCCC(C)C)CC[C@@H]32)C1. The first kappa shape index (κ1) is 22.9. The summed E-state index contributed by atoms with van der Waals surface area (Å²) in [5.74, 6) is 2.08. The van der Waals surface area contributed by atoms with Gasteiger partial charge in [-0.15, -0.1) is 0 Å². The van der Waals surface area contributed by atoms with Crippen LogP contribution in [0.4, 0.5) is 0 Å². The molecular formula is C29H44O2. The first-order valence-corrected chi connectivity index (χ1v) is 12.9. The summed E-state index contributed by atoms with van der Waals surface area (Å²) in [5.41, 5.74) is 7.42. The Morgan fingerprint density at radius 3 is 2.48 bits per heavy atom. The summed E-state index contributed by atoms with van der Waals surface area (Å²) >= 11 is 0. The van der Waals surface area contributed by atoms with Gasteiger partial charge in [-0.25, -0.2) is 0 Å². The lowest BCUT2D eigenvalue weighted by Crippen LogP contribution is -2.45. The number of carbonyl (C=O) groups is 1. The van der Waals surface area contributed by atoms with Gasteiger partial charge in [-0.1, -0.05) is 68.6 Å². The molecule has 0 bridgehead atoms. The van der Waals surface area contributed by atoms with Crippen molar-refractivity contribution in [3.63, 3.8) is 0 Å². The predicted octanol–water partition coefficient (Wildman–Crippen LogP) is 7.94. The molecule has 31 heavy (non-hydrogen) atoms. The van der Waals surface area contributed by atoms with Crippen LogP contribution >= 0.6 is 0 Å². The highest BCUT2D eigenvalue weighted by Gasteiger charge is 2.55. The van der Waals surface area contributed by atoms with Crippen LogP contribution in [0.3, 0.4) is 0 Å². The van der Waals surface area contributed by atoms with Crippen molar-refractivity contribution in [2.45, 2.75) is 112 Å². The van der Waals surface area contributed by atoms with Gasteiger partial charge in [-0.2, -0.15) is 0 Å². The second-order valence-corrected chi connectivity index (χ2v) is 11.9. The zero-order chi connectivity index (χ0) is 22.4. The van der Waals surface area contributed by atoms with Crippen LogP contribution in [0.25, 0.3) is 0 Å². The van der Waals surface area contributed by atoms with Crippen LogP contribution in [0.5, 0.6) is 0 Å². The monoisotopic (exact) mass is 424 g/mol. The van der Waals surface area contributed by atoms with E-state index < -0.39 is 0 Å². The highest BCUT2D eigenvalue weighted by molar-refractivity contribution is 5.66. The number of rotatable bonds is 5. The van der Waals surface area contributed by atoms with Crippen molar-refractivity contribution in [1.82, 2.24) is 0 Å². The Kier molecular flexibility index (Phi) is 6.32. The number of hydrogen-bond acceptors (Lipinski definition) is 2. The van der Waals surface area contributed by atoms with Gasteiger partial charge >= 0.3 is 5.97 Å². The average molecular weight is 425 g/mol. The lowest BCUT2D eigenvalue weighted by molar-refractivity contribution is -0.148. The highest BCUT2D eigenvalue weighted by atomic mass is 16.5. The third-order valence-corrected chi connectivity index (χ3v) is 9.49. The molecule has 0 amide bonds. The molecule has 2 nitrogen and oxygen atoms in total. The molecule has 0 saturated heterocycles. The van der Waals surface area contributed by atoms with E-state index in [9.17, 15) is 4.79 Å². The standard InChI is InChI=1S/C29H44O2/c1-19(2)8-7-9-20(3)25-12-13-26-24-11-10-22-18-23(31-21(4)30)14-16-28(22,5)27(24)15-17-29(25,26)6/h10-11,19,23,26-27H,7-9,12-18H2,1-6H3/b25-20-/t23-,26-,27-,28-,29+/m0/s1. The summed E-state index contributed by atoms with van der Waals surface area (Å²) < 4.78 is 5.59. The van der Waals surface area contributed by atoms with Gasteiger partial charge in [0.05, 0.1) is 0 Å². The molecule has 2 heteroatoms. The lowest BCUT2D eigenvalue weighted by atomic mass is 9.51. The van der Waals surface area contributed by atoms with Crippen molar-refractivity contribution >= 4 is 5.97 Å². The van der Waals surface area contributed by atoms with Crippen LogP contribution in [0.1, 0.15) is 106 Å². The van der Waals surface area contributed by atoms with Crippen molar-refractivity contribution in [1.29, 1.82) is 0 Å². The molecule has 0 heterocycles. The summed E-state index contributed by atoms with van der Waals surface area (Å²) in [5, 5.41) is 0. The summed E-state index contributed by atoms with van der Waals surface area (Å²) in [4.78, 5) is 11.5. The first-order valence-electron chi connectivity index (χ1n) is 12.9. The van der Waals surface area contributed by atoms with Gasteiger partial charge in [0.2, 0.25) is 0 Å². The summed E-state index contributed by atoms with van der Waals surface area (Å²) in [6.45, 7) is 13.7. The van der Waals surface area contributed by atoms with Crippen molar-refractivity contribution in [2.75, 3.05) is 0 Å². The molecule has 5 atom stereocenters. The molecule has 0 N–H and O–H groups in total. The Morgan fingerprint density at radius 2 is 1.77 bits per heavy atom. The predicted molar refractivity (Wildman–Crippen MR) is 129 cm³/mol. The van der Waals surface area contributed by atoms with E-state index in [-0.39, 0.29) is 17.5 Å². The zero-order valence-corrected chi connectivity index (χ0v) is 20.9. The molecule has 3 fully saturated rings. The third kappa shape index (κ3) is 4.09. The molecule has 172 valence electrons. The fourth-order valence-corrected chi connectivity index (χ4v) is 7.75. The van der Waals surface area contributed by atoms with Gasteiger partial charge in [-0.3, -0.25) is 4.79 Å². The van der Waals surface area contributed by atoms with E-state index in [1.54, 1.807) is 23.6 Å². The van der Waals surface area contributed by atoms with Crippen molar-refractivity contribution in [3.8, 4) is 0 Å². The second-order valence-electron chi connectivity index (χ2n) is 11.9. The maximum Gasteiger partial charge on any atom is 0.302 e. The fraction of sp³-hybridized carbons (Fsp3) is 0.759. The molecule has 0 unspecified atom stereocenters. The van der Waals surface area contributed by atoms with E-state index in [1.807, 2.05) is 0 Å². The smallest absolute Gasteiger partial charge is 0.302 e.